The number of hydrogen-bond donors (Lipinski definition) is 1. The molecular weight excluding hydrogens is 408 g/mol. The lowest BCUT2D eigenvalue weighted by Crippen LogP contribution is -2.61. The van der Waals surface area contributed by atoms with Crippen LogP contribution in [0.1, 0.15) is 31.4 Å². The van der Waals surface area contributed by atoms with Crippen LogP contribution in [0.4, 0.5) is 0 Å². The van der Waals surface area contributed by atoms with Gasteiger partial charge < -0.3 is 24.1 Å². The van der Waals surface area contributed by atoms with Crippen LogP contribution in [0.25, 0.3) is 11.0 Å². The Morgan fingerprint density at radius 2 is 2.00 bits per heavy atom. The van der Waals surface area contributed by atoms with E-state index in [1.807, 2.05) is 61.5 Å². The molecule has 0 radical (unpaired) electrons. The highest BCUT2D eigenvalue weighted by molar-refractivity contribution is 6.04. The first-order valence-electron chi connectivity index (χ1n) is 10.5. The number of allylic oxidation sites excluding steroid dienone is 1. The number of amides is 2. The molecule has 1 atom stereocenters. The maximum atomic E-state index is 13.5. The van der Waals surface area contributed by atoms with Crippen molar-refractivity contribution in [1.82, 2.24) is 10.2 Å². The van der Waals surface area contributed by atoms with Crippen molar-refractivity contribution >= 4 is 22.8 Å². The number of para-hydroxylation sites is 2. The molecule has 1 unspecified atom stereocenters. The van der Waals surface area contributed by atoms with Crippen molar-refractivity contribution in [2.24, 2.45) is 0 Å². The number of fused-ring (bicyclic) bond motifs is 3. The van der Waals surface area contributed by atoms with Gasteiger partial charge in [-0.15, -0.1) is 0 Å². The molecule has 2 heterocycles. The number of methoxy groups -OCH3 is 1. The molecule has 168 valence electrons. The minimum absolute atomic E-state index is 0. The first-order valence-corrected chi connectivity index (χ1v) is 10.5. The predicted molar refractivity (Wildman–Crippen MR) is 123 cm³/mol. The number of hydrogen-bond acceptors (Lipinski definition) is 5. The number of carbonyl (C=O) groups is 2. The Bertz CT molecular complexity index is 1190. The SMILES string of the molecule is C/C=C/CN1C(=O)c2oc3ccccc3c2OCC1(C)C(=O)NCc1ccccc1OC.[HH]. The van der Waals surface area contributed by atoms with Crippen molar-refractivity contribution in [2.75, 3.05) is 20.3 Å². The number of nitrogens with one attached hydrogen (secondary N) is 1. The topological polar surface area (TPSA) is 81.0 Å². The van der Waals surface area contributed by atoms with E-state index < -0.39 is 5.54 Å². The van der Waals surface area contributed by atoms with E-state index in [4.69, 9.17) is 13.9 Å². The summed E-state index contributed by atoms with van der Waals surface area (Å²) < 4.78 is 17.3. The fourth-order valence-corrected chi connectivity index (χ4v) is 3.84. The second kappa shape index (κ2) is 8.78. The van der Waals surface area contributed by atoms with Crippen LogP contribution in [0.3, 0.4) is 0 Å². The summed E-state index contributed by atoms with van der Waals surface area (Å²) >= 11 is 0. The van der Waals surface area contributed by atoms with Crippen molar-refractivity contribution in [2.45, 2.75) is 25.9 Å². The van der Waals surface area contributed by atoms with Crippen LogP contribution in [-0.2, 0) is 11.3 Å². The number of carbonyl (C=O) groups excluding carboxylic acids is 2. The summed E-state index contributed by atoms with van der Waals surface area (Å²) in [6, 6.07) is 14.8. The Kier molecular flexibility index (Phi) is 5.90. The lowest BCUT2D eigenvalue weighted by atomic mass is 9.98. The summed E-state index contributed by atoms with van der Waals surface area (Å²) in [5, 5.41) is 3.66. The van der Waals surface area contributed by atoms with Gasteiger partial charge in [0.2, 0.25) is 11.7 Å². The zero-order chi connectivity index (χ0) is 22.7. The molecule has 0 aliphatic carbocycles. The Morgan fingerprint density at radius 1 is 1.25 bits per heavy atom. The standard InChI is InChI=1S/C25H26N2O5.H2/c1-4-5-14-27-23(28)22-21(18-11-7-9-13-20(18)32-22)31-16-25(27,2)24(29)26-15-17-10-6-8-12-19(17)30-3;/h4-13H,14-16H2,1-3H3,(H,26,29);1H/b5-4+;. The third-order valence-electron chi connectivity index (χ3n) is 5.73. The second-order valence-electron chi connectivity index (χ2n) is 7.80. The van der Waals surface area contributed by atoms with E-state index in [1.165, 1.54) is 4.90 Å². The van der Waals surface area contributed by atoms with Crippen LogP contribution < -0.4 is 14.8 Å². The molecule has 0 bridgehead atoms. The molecule has 32 heavy (non-hydrogen) atoms. The van der Waals surface area contributed by atoms with Gasteiger partial charge in [-0.2, -0.15) is 0 Å². The molecule has 1 aliphatic heterocycles. The predicted octanol–water partition coefficient (Wildman–Crippen LogP) is 4.17. The first-order chi connectivity index (χ1) is 15.5. The quantitative estimate of drug-likeness (QED) is 0.587. The number of nitrogens with zero attached hydrogens (tertiary/aromatic N) is 1. The van der Waals surface area contributed by atoms with E-state index in [0.717, 1.165) is 5.56 Å². The molecule has 2 aromatic carbocycles. The maximum absolute atomic E-state index is 13.5. The lowest BCUT2D eigenvalue weighted by Gasteiger charge is -2.37. The summed E-state index contributed by atoms with van der Waals surface area (Å²) in [5.74, 6) is 0.453. The molecule has 7 heteroatoms. The van der Waals surface area contributed by atoms with Crippen LogP contribution in [0, 0.1) is 0 Å². The Balaban J connectivity index is 0.00000306. The van der Waals surface area contributed by atoms with Gasteiger partial charge in [-0.3, -0.25) is 9.59 Å². The average Bonchev–Trinajstić information content (AvgIpc) is 3.15. The van der Waals surface area contributed by atoms with Crippen molar-refractivity contribution in [3.05, 3.63) is 72.0 Å². The van der Waals surface area contributed by atoms with Gasteiger partial charge in [0.25, 0.3) is 5.91 Å². The van der Waals surface area contributed by atoms with Gasteiger partial charge in [0.15, 0.2) is 11.3 Å². The van der Waals surface area contributed by atoms with Crippen molar-refractivity contribution < 1.29 is 24.9 Å². The minimum atomic E-state index is -1.25. The van der Waals surface area contributed by atoms with Crippen LogP contribution in [-0.4, -0.2) is 42.5 Å². The smallest absolute Gasteiger partial charge is 0.294 e. The van der Waals surface area contributed by atoms with Crippen molar-refractivity contribution in [3.8, 4) is 11.5 Å². The van der Waals surface area contributed by atoms with E-state index in [1.54, 1.807) is 20.1 Å². The Labute approximate surface area is 188 Å². The molecule has 3 aromatic rings. The molecule has 1 aromatic heterocycles. The molecule has 0 spiro atoms. The van der Waals surface area contributed by atoms with Crippen molar-refractivity contribution in [3.63, 3.8) is 0 Å². The lowest BCUT2D eigenvalue weighted by molar-refractivity contribution is -0.132. The summed E-state index contributed by atoms with van der Waals surface area (Å²) in [7, 11) is 1.59. The summed E-state index contributed by atoms with van der Waals surface area (Å²) in [6.45, 7) is 4.07. The fraction of sp³-hybridized carbons (Fsp3) is 0.280. The van der Waals surface area contributed by atoms with E-state index in [0.29, 0.717) is 22.5 Å². The summed E-state index contributed by atoms with van der Waals surface area (Å²) in [5.41, 5.74) is 0.160. The van der Waals surface area contributed by atoms with Gasteiger partial charge in [0.05, 0.1) is 12.5 Å². The molecule has 2 amide bonds. The van der Waals surface area contributed by atoms with Crippen LogP contribution in [0.5, 0.6) is 11.5 Å². The number of furan rings is 1. The third kappa shape index (κ3) is 3.70. The number of benzene rings is 2. The molecule has 7 nitrogen and oxygen atoms in total. The summed E-state index contributed by atoms with van der Waals surface area (Å²) in [4.78, 5) is 28.4. The highest BCUT2D eigenvalue weighted by Crippen LogP contribution is 2.38. The monoisotopic (exact) mass is 436 g/mol. The maximum Gasteiger partial charge on any atom is 0.294 e. The van der Waals surface area contributed by atoms with E-state index >= 15 is 0 Å². The van der Waals surface area contributed by atoms with Gasteiger partial charge in [0, 0.05) is 20.1 Å². The molecule has 0 fully saturated rings. The fourth-order valence-electron chi connectivity index (χ4n) is 3.84. The molecule has 4 rings (SSSR count). The molecule has 1 N–H and O–H groups in total. The number of ether oxygens (including phenoxy) is 2. The van der Waals surface area contributed by atoms with E-state index in [-0.39, 0.29) is 38.7 Å². The van der Waals surface area contributed by atoms with Crippen LogP contribution in [0.2, 0.25) is 0 Å². The van der Waals surface area contributed by atoms with Gasteiger partial charge in [-0.05, 0) is 32.0 Å². The summed E-state index contributed by atoms with van der Waals surface area (Å²) in [6.07, 6.45) is 3.67. The van der Waals surface area contributed by atoms with E-state index in [2.05, 4.69) is 5.32 Å². The van der Waals surface area contributed by atoms with Gasteiger partial charge >= 0.3 is 0 Å². The van der Waals surface area contributed by atoms with Crippen molar-refractivity contribution in [1.29, 1.82) is 0 Å². The largest absolute Gasteiger partial charge is 0.496 e. The molecular formula is C25H28N2O5. The zero-order valence-corrected chi connectivity index (χ0v) is 18.4. The average molecular weight is 437 g/mol. The van der Waals surface area contributed by atoms with Crippen LogP contribution >= 0.6 is 0 Å². The first kappa shape index (κ1) is 21.5. The second-order valence-corrected chi connectivity index (χ2v) is 7.80. The van der Waals surface area contributed by atoms with Gasteiger partial charge in [-0.1, -0.05) is 42.5 Å². The van der Waals surface area contributed by atoms with Crippen LogP contribution in [0.15, 0.2) is 65.1 Å². The Morgan fingerprint density at radius 3 is 2.78 bits per heavy atom. The highest BCUT2D eigenvalue weighted by Gasteiger charge is 2.47. The third-order valence-corrected chi connectivity index (χ3v) is 5.73. The number of rotatable bonds is 6. The molecule has 0 saturated carbocycles. The Hall–Kier alpha value is -3.74. The highest BCUT2D eigenvalue weighted by atomic mass is 16.5. The van der Waals surface area contributed by atoms with Gasteiger partial charge in [0.1, 0.15) is 17.9 Å². The molecule has 0 saturated heterocycles. The van der Waals surface area contributed by atoms with E-state index in [9.17, 15) is 9.59 Å². The molecule has 1 aliphatic rings. The van der Waals surface area contributed by atoms with Gasteiger partial charge in [-0.25, -0.2) is 0 Å². The zero-order valence-electron chi connectivity index (χ0n) is 18.4. The minimum Gasteiger partial charge on any atom is -0.496 e. The normalized spacial score (nSPS) is 18.3.